The summed E-state index contributed by atoms with van der Waals surface area (Å²) in [6.07, 6.45) is -4.15. The molecule has 9 heteroatoms. The number of aromatic nitrogens is 2. The van der Waals surface area contributed by atoms with Crippen LogP contribution in [0.15, 0.2) is 28.7 Å². The van der Waals surface area contributed by atoms with Crippen LogP contribution in [0, 0.1) is 12.8 Å². The van der Waals surface area contributed by atoms with Crippen molar-refractivity contribution in [3.8, 4) is 5.75 Å². The molecule has 0 spiro atoms. The normalized spacial score (nSPS) is 15.2. The van der Waals surface area contributed by atoms with E-state index in [4.69, 9.17) is 4.42 Å². The minimum absolute atomic E-state index is 0.0495. The van der Waals surface area contributed by atoms with Crippen LogP contribution in [-0.2, 0) is 6.42 Å². The first kappa shape index (κ1) is 16.3. The minimum atomic E-state index is -4.71. The number of rotatable bonds is 4. The van der Waals surface area contributed by atoms with Gasteiger partial charge in [-0.05, 0) is 30.0 Å². The molecule has 0 N–H and O–H groups in total. The Hall–Kier alpha value is -2.58. The van der Waals surface area contributed by atoms with E-state index in [1.165, 1.54) is 18.2 Å². The van der Waals surface area contributed by atoms with Crippen LogP contribution in [0.3, 0.4) is 0 Å². The maximum Gasteiger partial charge on any atom is 0.573 e. The summed E-state index contributed by atoms with van der Waals surface area (Å²) in [7, 11) is 0. The molecule has 0 saturated carbocycles. The van der Waals surface area contributed by atoms with E-state index in [0.29, 0.717) is 25.4 Å². The zero-order chi connectivity index (χ0) is 17.3. The predicted octanol–water partition coefficient (Wildman–Crippen LogP) is 2.59. The highest BCUT2D eigenvalue weighted by Crippen LogP contribution is 2.26. The molecule has 6 nitrogen and oxygen atoms in total. The van der Waals surface area contributed by atoms with E-state index in [1.54, 1.807) is 17.9 Å². The molecule has 1 amide bonds. The molecule has 1 aliphatic rings. The molecule has 2 heterocycles. The zero-order valence-electron chi connectivity index (χ0n) is 12.7. The molecular weight excluding hydrogens is 327 g/mol. The van der Waals surface area contributed by atoms with Gasteiger partial charge in [0.25, 0.3) is 0 Å². The SMILES string of the molecule is Cc1nnc(C(=O)N2CC(Cc3cccc(OC(F)(F)F)c3)C2)o1. The van der Waals surface area contributed by atoms with Crippen molar-refractivity contribution >= 4 is 5.91 Å². The zero-order valence-corrected chi connectivity index (χ0v) is 12.7. The lowest BCUT2D eigenvalue weighted by Crippen LogP contribution is -2.50. The summed E-state index contributed by atoms with van der Waals surface area (Å²) < 4.78 is 45.7. The monoisotopic (exact) mass is 341 g/mol. The molecule has 0 atom stereocenters. The van der Waals surface area contributed by atoms with Gasteiger partial charge in [-0.1, -0.05) is 12.1 Å². The first-order valence-electron chi connectivity index (χ1n) is 7.24. The van der Waals surface area contributed by atoms with Gasteiger partial charge < -0.3 is 14.1 Å². The number of carbonyl (C=O) groups excluding carboxylic acids is 1. The number of hydrogen-bond donors (Lipinski definition) is 0. The first-order chi connectivity index (χ1) is 11.3. The number of ether oxygens (including phenoxy) is 1. The molecule has 3 rings (SSSR count). The maximum absolute atomic E-state index is 12.2. The lowest BCUT2D eigenvalue weighted by Gasteiger charge is -2.38. The molecule has 0 bridgehead atoms. The second-order valence-electron chi connectivity index (χ2n) is 5.60. The Morgan fingerprint density at radius 3 is 2.75 bits per heavy atom. The fourth-order valence-electron chi connectivity index (χ4n) is 2.59. The van der Waals surface area contributed by atoms with Crippen LogP contribution in [-0.4, -0.2) is 40.5 Å². The second-order valence-corrected chi connectivity index (χ2v) is 5.60. The molecule has 24 heavy (non-hydrogen) atoms. The van der Waals surface area contributed by atoms with Crippen molar-refractivity contribution in [2.75, 3.05) is 13.1 Å². The largest absolute Gasteiger partial charge is 0.573 e. The van der Waals surface area contributed by atoms with E-state index in [2.05, 4.69) is 14.9 Å². The Bertz CT molecular complexity index is 739. The molecule has 1 saturated heterocycles. The topological polar surface area (TPSA) is 68.5 Å². The molecule has 0 radical (unpaired) electrons. The van der Waals surface area contributed by atoms with Crippen LogP contribution in [0.1, 0.15) is 22.1 Å². The Morgan fingerprint density at radius 2 is 2.12 bits per heavy atom. The first-order valence-corrected chi connectivity index (χ1v) is 7.24. The minimum Gasteiger partial charge on any atom is -0.417 e. The van der Waals surface area contributed by atoms with Crippen molar-refractivity contribution in [3.05, 3.63) is 41.6 Å². The van der Waals surface area contributed by atoms with E-state index in [-0.39, 0.29) is 23.5 Å². The summed E-state index contributed by atoms with van der Waals surface area (Å²) in [5, 5.41) is 7.28. The maximum atomic E-state index is 12.2. The van der Waals surface area contributed by atoms with Crippen molar-refractivity contribution in [2.24, 2.45) is 5.92 Å². The fraction of sp³-hybridized carbons (Fsp3) is 0.400. The average molecular weight is 341 g/mol. The lowest BCUT2D eigenvalue weighted by atomic mass is 9.92. The number of alkyl halides is 3. The molecule has 1 fully saturated rings. The number of carbonyl (C=O) groups is 1. The second kappa shape index (κ2) is 6.14. The number of benzene rings is 1. The third-order valence-electron chi connectivity index (χ3n) is 3.61. The van der Waals surface area contributed by atoms with Crippen molar-refractivity contribution in [1.82, 2.24) is 15.1 Å². The van der Waals surface area contributed by atoms with E-state index < -0.39 is 6.36 Å². The Labute approximate surface area is 135 Å². The van der Waals surface area contributed by atoms with Gasteiger partial charge in [0, 0.05) is 20.0 Å². The quantitative estimate of drug-likeness (QED) is 0.855. The number of aryl methyl sites for hydroxylation is 1. The van der Waals surface area contributed by atoms with Gasteiger partial charge in [-0.15, -0.1) is 23.4 Å². The smallest absolute Gasteiger partial charge is 0.417 e. The summed E-state index contributed by atoms with van der Waals surface area (Å²) in [4.78, 5) is 13.6. The van der Waals surface area contributed by atoms with Gasteiger partial charge in [-0.25, -0.2) is 0 Å². The van der Waals surface area contributed by atoms with Gasteiger partial charge in [0.2, 0.25) is 5.89 Å². The highest BCUT2D eigenvalue weighted by atomic mass is 19.4. The predicted molar refractivity (Wildman–Crippen MR) is 75.3 cm³/mol. The molecule has 128 valence electrons. The van der Waals surface area contributed by atoms with Crippen molar-refractivity contribution in [2.45, 2.75) is 19.7 Å². The van der Waals surface area contributed by atoms with E-state index in [1.807, 2.05) is 0 Å². The van der Waals surface area contributed by atoms with Gasteiger partial charge in [0.05, 0.1) is 0 Å². The average Bonchev–Trinajstić information content (AvgIpc) is 2.87. The summed E-state index contributed by atoms with van der Waals surface area (Å²) >= 11 is 0. The summed E-state index contributed by atoms with van der Waals surface area (Å²) in [5.74, 6) is -0.142. The van der Waals surface area contributed by atoms with Crippen LogP contribution < -0.4 is 4.74 Å². The molecule has 1 aromatic carbocycles. The van der Waals surface area contributed by atoms with Crippen molar-refractivity contribution in [1.29, 1.82) is 0 Å². The number of hydrogen-bond acceptors (Lipinski definition) is 5. The van der Waals surface area contributed by atoms with Gasteiger partial charge in [0.15, 0.2) is 0 Å². The third kappa shape index (κ3) is 3.84. The molecule has 1 aliphatic heterocycles. The van der Waals surface area contributed by atoms with Gasteiger partial charge in [-0.2, -0.15) is 0 Å². The van der Waals surface area contributed by atoms with Crippen LogP contribution in [0.2, 0.25) is 0 Å². The lowest BCUT2D eigenvalue weighted by molar-refractivity contribution is -0.274. The molecule has 0 unspecified atom stereocenters. The fourth-order valence-corrected chi connectivity index (χ4v) is 2.59. The number of halogens is 3. The van der Waals surface area contributed by atoms with Crippen LogP contribution in [0.25, 0.3) is 0 Å². The molecule has 2 aromatic rings. The third-order valence-corrected chi connectivity index (χ3v) is 3.61. The summed E-state index contributed by atoms with van der Waals surface area (Å²) in [5.41, 5.74) is 0.725. The highest BCUT2D eigenvalue weighted by Gasteiger charge is 2.34. The molecular formula is C15H14F3N3O3. The Morgan fingerprint density at radius 1 is 1.38 bits per heavy atom. The molecule has 0 aliphatic carbocycles. The van der Waals surface area contributed by atoms with Gasteiger partial charge >= 0.3 is 18.2 Å². The van der Waals surface area contributed by atoms with E-state index in [0.717, 1.165) is 5.56 Å². The standard InChI is InChI=1S/C15H14F3N3O3/c1-9-19-20-13(23-9)14(22)21-7-11(8-21)5-10-3-2-4-12(6-10)24-15(16,17)18/h2-4,6,11H,5,7-8H2,1H3. The van der Waals surface area contributed by atoms with Crippen LogP contribution in [0.5, 0.6) is 5.75 Å². The van der Waals surface area contributed by atoms with Gasteiger partial charge in [0.1, 0.15) is 5.75 Å². The summed E-state index contributed by atoms with van der Waals surface area (Å²) in [6, 6.07) is 5.86. The number of amides is 1. The number of nitrogens with zero attached hydrogens (tertiary/aromatic N) is 3. The van der Waals surface area contributed by atoms with Crippen molar-refractivity contribution < 1.29 is 27.1 Å². The molecule has 1 aromatic heterocycles. The highest BCUT2D eigenvalue weighted by molar-refractivity contribution is 5.90. The summed E-state index contributed by atoms with van der Waals surface area (Å²) in [6.45, 7) is 2.58. The van der Waals surface area contributed by atoms with Crippen LogP contribution in [0.4, 0.5) is 13.2 Å². The van der Waals surface area contributed by atoms with Crippen LogP contribution >= 0.6 is 0 Å². The van der Waals surface area contributed by atoms with E-state index >= 15 is 0 Å². The number of likely N-dealkylation sites (tertiary alicyclic amines) is 1. The Balaban J connectivity index is 1.54. The Kier molecular flexibility index (Phi) is 4.16. The van der Waals surface area contributed by atoms with E-state index in [9.17, 15) is 18.0 Å². The van der Waals surface area contributed by atoms with Gasteiger partial charge in [-0.3, -0.25) is 4.79 Å². The van der Waals surface area contributed by atoms with Crippen molar-refractivity contribution in [3.63, 3.8) is 0 Å².